The van der Waals surface area contributed by atoms with Crippen molar-refractivity contribution >= 4 is 26.3 Å². The Labute approximate surface area is 132 Å². The van der Waals surface area contributed by atoms with E-state index in [-0.39, 0.29) is 12.4 Å². The maximum atomic E-state index is 12.6. The molecule has 0 aliphatic rings. The van der Waals surface area contributed by atoms with Gasteiger partial charge in [-0.3, -0.25) is 0 Å². The van der Waals surface area contributed by atoms with Gasteiger partial charge >= 0.3 is 0 Å². The zero-order valence-electron chi connectivity index (χ0n) is 13.1. The lowest BCUT2D eigenvalue weighted by Gasteiger charge is -2.17. The van der Waals surface area contributed by atoms with Crippen LogP contribution in [0.1, 0.15) is 19.3 Å². The SMILES string of the molecule is CN(C)c1cccc2c(S(=O)(=O)CCCCCO)cccc12. The zero-order chi connectivity index (χ0) is 16.2. The van der Waals surface area contributed by atoms with Crippen LogP contribution < -0.4 is 4.90 Å². The van der Waals surface area contributed by atoms with Crippen LogP contribution in [0, 0.1) is 0 Å². The Hall–Kier alpha value is -1.59. The van der Waals surface area contributed by atoms with Crippen LogP contribution in [0.15, 0.2) is 41.3 Å². The molecule has 0 aliphatic heterocycles. The molecule has 2 aromatic carbocycles. The molecule has 22 heavy (non-hydrogen) atoms. The van der Waals surface area contributed by atoms with Gasteiger partial charge in [0.05, 0.1) is 10.6 Å². The number of hydrogen-bond acceptors (Lipinski definition) is 4. The number of aliphatic hydroxyl groups is 1. The average Bonchev–Trinajstić information content (AvgIpc) is 2.50. The van der Waals surface area contributed by atoms with E-state index in [4.69, 9.17) is 5.11 Å². The standard InChI is InChI=1S/C17H23NO3S/c1-18(2)16-10-6-9-15-14(16)8-7-11-17(15)22(20,21)13-5-3-4-12-19/h6-11,19H,3-5,12-13H2,1-2H3. The van der Waals surface area contributed by atoms with Gasteiger partial charge < -0.3 is 10.0 Å². The lowest BCUT2D eigenvalue weighted by atomic mass is 10.1. The summed E-state index contributed by atoms with van der Waals surface area (Å²) in [5.74, 6) is 0.123. The molecule has 2 rings (SSSR count). The molecule has 0 saturated carbocycles. The fourth-order valence-corrected chi connectivity index (χ4v) is 4.22. The minimum atomic E-state index is -3.31. The summed E-state index contributed by atoms with van der Waals surface area (Å²) in [5.41, 5.74) is 1.01. The number of unbranched alkanes of at least 4 members (excludes halogenated alkanes) is 2. The van der Waals surface area contributed by atoms with Crippen LogP contribution in [0.2, 0.25) is 0 Å². The maximum absolute atomic E-state index is 12.6. The molecule has 0 amide bonds. The molecule has 0 unspecified atom stereocenters. The first-order chi connectivity index (χ1) is 10.5. The van der Waals surface area contributed by atoms with Crippen LogP contribution in [0.25, 0.3) is 10.8 Å². The predicted octanol–water partition coefficient (Wildman–Crippen LogP) is 2.84. The summed E-state index contributed by atoms with van der Waals surface area (Å²) < 4.78 is 25.2. The predicted molar refractivity (Wildman–Crippen MR) is 91.3 cm³/mol. The van der Waals surface area contributed by atoms with Crippen LogP contribution in [-0.2, 0) is 9.84 Å². The number of nitrogens with zero attached hydrogens (tertiary/aromatic N) is 1. The molecule has 0 saturated heterocycles. The zero-order valence-corrected chi connectivity index (χ0v) is 13.9. The van der Waals surface area contributed by atoms with Gasteiger partial charge in [0.1, 0.15) is 0 Å². The third-order valence-corrected chi connectivity index (χ3v) is 5.60. The van der Waals surface area contributed by atoms with E-state index >= 15 is 0 Å². The Morgan fingerprint density at radius 1 is 0.955 bits per heavy atom. The molecule has 2 aromatic rings. The Bertz CT molecular complexity index is 739. The molecule has 0 atom stereocenters. The maximum Gasteiger partial charge on any atom is 0.178 e. The second-order valence-corrected chi connectivity index (χ2v) is 7.70. The quantitative estimate of drug-likeness (QED) is 0.797. The molecule has 1 N–H and O–H groups in total. The molecule has 0 aliphatic carbocycles. The van der Waals surface area contributed by atoms with Crippen molar-refractivity contribution in [2.45, 2.75) is 24.2 Å². The topological polar surface area (TPSA) is 57.6 Å². The molecule has 0 bridgehead atoms. The monoisotopic (exact) mass is 321 g/mol. The molecule has 5 heteroatoms. The molecule has 120 valence electrons. The van der Waals surface area contributed by atoms with Gasteiger partial charge in [-0.25, -0.2) is 8.42 Å². The van der Waals surface area contributed by atoms with Crippen LogP contribution in [0.5, 0.6) is 0 Å². The van der Waals surface area contributed by atoms with E-state index in [0.29, 0.717) is 17.7 Å². The van der Waals surface area contributed by atoms with Gasteiger partial charge in [-0.05, 0) is 25.0 Å². The number of hydrogen-bond donors (Lipinski definition) is 1. The highest BCUT2D eigenvalue weighted by molar-refractivity contribution is 7.91. The van der Waals surface area contributed by atoms with Crippen molar-refractivity contribution < 1.29 is 13.5 Å². The van der Waals surface area contributed by atoms with Gasteiger partial charge in [0, 0.05) is 37.2 Å². The van der Waals surface area contributed by atoms with Crippen LogP contribution in [0.4, 0.5) is 5.69 Å². The lowest BCUT2D eigenvalue weighted by Crippen LogP contribution is -2.11. The molecular weight excluding hydrogens is 298 g/mol. The molecule has 0 radical (unpaired) electrons. The Balaban J connectivity index is 2.41. The van der Waals surface area contributed by atoms with E-state index in [1.54, 1.807) is 12.1 Å². The van der Waals surface area contributed by atoms with Gasteiger partial charge in [0.25, 0.3) is 0 Å². The van der Waals surface area contributed by atoms with Gasteiger partial charge in [0.15, 0.2) is 9.84 Å². The fraction of sp³-hybridized carbons (Fsp3) is 0.412. The number of fused-ring (bicyclic) bond motifs is 1. The summed E-state index contributed by atoms with van der Waals surface area (Å²) in [6, 6.07) is 11.2. The van der Waals surface area contributed by atoms with E-state index in [0.717, 1.165) is 22.9 Å². The number of sulfone groups is 1. The van der Waals surface area contributed by atoms with E-state index in [1.165, 1.54) is 0 Å². The molecule has 4 nitrogen and oxygen atoms in total. The average molecular weight is 321 g/mol. The van der Waals surface area contributed by atoms with Crippen molar-refractivity contribution in [3.63, 3.8) is 0 Å². The van der Waals surface area contributed by atoms with E-state index < -0.39 is 9.84 Å². The molecule has 0 fully saturated rings. The molecule has 0 heterocycles. The normalized spacial score (nSPS) is 11.8. The van der Waals surface area contributed by atoms with Crippen LogP contribution >= 0.6 is 0 Å². The molecular formula is C17H23NO3S. The largest absolute Gasteiger partial charge is 0.396 e. The van der Waals surface area contributed by atoms with Crippen molar-refractivity contribution in [3.05, 3.63) is 36.4 Å². The van der Waals surface area contributed by atoms with Gasteiger partial charge in [0.2, 0.25) is 0 Å². The second-order valence-electron chi connectivity index (χ2n) is 5.63. The van der Waals surface area contributed by atoms with Gasteiger partial charge in [-0.2, -0.15) is 0 Å². The Morgan fingerprint density at radius 2 is 1.64 bits per heavy atom. The van der Waals surface area contributed by atoms with Crippen LogP contribution in [0.3, 0.4) is 0 Å². The first kappa shape index (κ1) is 16.8. The number of benzene rings is 2. The first-order valence-corrected chi connectivity index (χ1v) is 9.15. The second kappa shape index (κ2) is 7.11. The number of anilines is 1. The van der Waals surface area contributed by atoms with Crippen molar-refractivity contribution in [1.29, 1.82) is 0 Å². The third-order valence-electron chi connectivity index (χ3n) is 3.75. The highest BCUT2D eigenvalue weighted by atomic mass is 32.2. The summed E-state index contributed by atoms with van der Waals surface area (Å²) in [4.78, 5) is 2.39. The third kappa shape index (κ3) is 3.59. The van der Waals surface area contributed by atoms with Crippen LogP contribution in [-0.4, -0.2) is 40.0 Å². The minimum Gasteiger partial charge on any atom is -0.396 e. The van der Waals surface area contributed by atoms with Gasteiger partial charge in [-0.1, -0.05) is 30.7 Å². The highest BCUT2D eigenvalue weighted by Gasteiger charge is 2.18. The summed E-state index contributed by atoms with van der Waals surface area (Å²) in [6.07, 6.45) is 1.95. The summed E-state index contributed by atoms with van der Waals surface area (Å²) in [5, 5.41) is 10.5. The van der Waals surface area contributed by atoms with E-state index in [2.05, 4.69) is 0 Å². The Kier molecular flexibility index (Phi) is 5.42. The smallest absolute Gasteiger partial charge is 0.178 e. The van der Waals surface area contributed by atoms with Crippen molar-refractivity contribution in [1.82, 2.24) is 0 Å². The van der Waals surface area contributed by atoms with Crippen molar-refractivity contribution in [3.8, 4) is 0 Å². The lowest BCUT2D eigenvalue weighted by molar-refractivity contribution is 0.284. The molecule has 0 spiro atoms. The van der Waals surface area contributed by atoms with Gasteiger partial charge in [-0.15, -0.1) is 0 Å². The summed E-state index contributed by atoms with van der Waals surface area (Å²) in [7, 11) is 0.589. The number of rotatable bonds is 7. The minimum absolute atomic E-state index is 0.112. The molecule has 0 aromatic heterocycles. The first-order valence-electron chi connectivity index (χ1n) is 7.50. The Morgan fingerprint density at radius 3 is 2.32 bits per heavy atom. The summed E-state index contributed by atoms with van der Waals surface area (Å²) in [6.45, 7) is 0.112. The van der Waals surface area contributed by atoms with Crippen molar-refractivity contribution in [2.75, 3.05) is 31.4 Å². The van der Waals surface area contributed by atoms with Crippen molar-refractivity contribution in [2.24, 2.45) is 0 Å². The highest BCUT2D eigenvalue weighted by Crippen LogP contribution is 2.30. The van der Waals surface area contributed by atoms with E-state index in [9.17, 15) is 8.42 Å². The van der Waals surface area contributed by atoms with E-state index in [1.807, 2.05) is 43.3 Å². The summed E-state index contributed by atoms with van der Waals surface area (Å²) >= 11 is 0. The fourth-order valence-electron chi connectivity index (χ4n) is 2.62. The number of aliphatic hydroxyl groups excluding tert-OH is 1.